The number of carbonyl (C=O) groups excluding carboxylic acids is 1. The van der Waals surface area contributed by atoms with Crippen LogP contribution in [0.15, 0.2) is 22.7 Å². The maximum absolute atomic E-state index is 11.9. The summed E-state index contributed by atoms with van der Waals surface area (Å²) >= 11 is 3.41. The number of amides is 1. The molecule has 5 heteroatoms. The van der Waals surface area contributed by atoms with Crippen LogP contribution in [0.2, 0.25) is 0 Å². The molecule has 0 atom stereocenters. The number of likely N-dealkylation sites (N-methyl/N-ethyl adjacent to an activating group) is 1. The van der Waals surface area contributed by atoms with Crippen LogP contribution >= 0.6 is 15.9 Å². The largest absolute Gasteiger partial charge is 0.482 e. The van der Waals surface area contributed by atoms with E-state index < -0.39 is 0 Å². The first-order valence-corrected chi connectivity index (χ1v) is 6.78. The summed E-state index contributed by atoms with van der Waals surface area (Å²) in [6.07, 6.45) is 2.21. The number of para-hydroxylation sites is 1. The molecule has 0 unspecified atom stereocenters. The van der Waals surface area contributed by atoms with Crippen LogP contribution in [0, 0.1) is 0 Å². The molecule has 1 amide bonds. The van der Waals surface area contributed by atoms with Crippen molar-refractivity contribution >= 4 is 21.8 Å². The molecule has 1 fully saturated rings. The molecule has 1 aliphatic rings. The minimum absolute atomic E-state index is 0.0104. The highest BCUT2D eigenvalue weighted by atomic mass is 79.9. The second kappa shape index (κ2) is 5.71. The summed E-state index contributed by atoms with van der Waals surface area (Å²) in [5, 5.41) is 0. The lowest BCUT2D eigenvalue weighted by Gasteiger charge is -2.18. The van der Waals surface area contributed by atoms with Crippen molar-refractivity contribution in [2.45, 2.75) is 25.4 Å². The fraction of sp³-hybridized carbons (Fsp3) is 0.462. The maximum Gasteiger partial charge on any atom is 0.260 e. The normalized spacial score (nSPS) is 14.4. The Morgan fingerprint density at radius 3 is 2.89 bits per heavy atom. The molecule has 0 aromatic heterocycles. The van der Waals surface area contributed by atoms with Crippen LogP contribution in [0.3, 0.4) is 0 Å². The first-order chi connectivity index (χ1) is 8.63. The molecule has 4 nitrogen and oxygen atoms in total. The monoisotopic (exact) mass is 312 g/mol. The minimum Gasteiger partial charge on any atom is -0.482 e. The third-order valence-electron chi connectivity index (χ3n) is 3.10. The number of hydrogen-bond donors (Lipinski definition) is 1. The smallest absolute Gasteiger partial charge is 0.260 e. The van der Waals surface area contributed by atoms with Gasteiger partial charge in [-0.3, -0.25) is 4.79 Å². The molecule has 1 saturated carbocycles. The van der Waals surface area contributed by atoms with Gasteiger partial charge in [-0.1, -0.05) is 12.1 Å². The molecular formula is C13H17BrN2O2. The van der Waals surface area contributed by atoms with Crippen LogP contribution in [0.25, 0.3) is 0 Å². The van der Waals surface area contributed by atoms with Crippen molar-refractivity contribution in [2.75, 3.05) is 13.7 Å². The number of benzene rings is 1. The Kier molecular flexibility index (Phi) is 4.24. The van der Waals surface area contributed by atoms with Crippen LogP contribution in [0.5, 0.6) is 5.75 Å². The molecule has 0 bridgehead atoms. The minimum atomic E-state index is 0.0104. The van der Waals surface area contributed by atoms with E-state index in [-0.39, 0.29) is 12.5 Å². The standard InChI is InChI=1S/C13H17BrN2O2/c1-16(10-5-6-10)12(17)8-18-13-9(7-15)3-2-4-11(13)14/h2-4,10H,5-8,15H2,1H3. The van der Waals surface area contributed by atoms with E-state index in [0.29, 0.717) is 18.3 Å². The van der Waals surface area contributed by atoms with Gasteiger partial charge in [0, 0.05) is 25.2 Å². The first-order valence-electron chi connectivity index (χ1n) is 5.99. The predicted molar refractivity (Wildman–Crippen MR) is 73.3 cm³/mol. The summed E-state index contributed by atoms with van der Waals surface area (Å²) in [6, 6.07) is 6.09. The van der Waals surface area contributed by atoms with Gasteiger partial charge in [0.15, 0.2) is 6.61 Å². The van der Waals surface area contributed by atoms with E-state index in [2.05, 4.69) is 15.9 Å². The Morgan fingerprint density at radius 1 is 1.56 bits per heavy atom. The van der Waals surface area contributed by atoms with Crippen LogP contribution in [-0.2, 0) is 11.3 Å². The van der Waals surface area contributed by atoms with Crippen LogP contribution < -0.4 is 10.5 Å². The Hall–Kier alpha value is -1.07. The molecule has 0 spiro atoms. The molecule has 0 aliphatic heterocycles. The zero-order chi connectivity index (χ0) is 13.1. The summed E-state index contributed by atoms with van der Waals surface area (Å²) in [4.78, 5) is 13.6. The molecule has 2 N–H and O–H groups in total. The quantitative estimate of drug-likeness (QED) is 0.903. The van der Waals surface area contributed by atoms with E-state index in [9.17, 15) is 4.79 Å². The molecule has 0 saturated heterocycles. The average Bonchev–Trinajstić information content (AvgIpc) is 3.20. The van der Waals surface area contributed by atoms with Gasteiger partial charge in [0.05, 0.1) is 4.47 Å². The van der Waals surface area contributed by atoms with E-state index >= 15 is 0 Å². The lowest BCUT2D eigenvalue weighted by Crippen LogP contribution is -2.33. The third kappa shape index (κ3) is 3.03. The molecule has 1 aromatic rings. The van der Waals surface area contributed by atoms with E-state index in [1.165, 1.54) is 0 Å². The van der Waals surface area contributed by atoms with Crippen LogP contribution in [-0.4, -0.2) is 30.5 Å². The summed E-state index contributed by atoms with van der Waals surface area (Å²) in [7, 11) is 1.83. The van der Waals surface area contributed by atoms with Crippen molar-refractivity contribution in [1.82, 2.24) is 4.90 Å². The number of carbonyl (C=O) groups is 1. The van der Waals surface area contributed by atoms with Gasteiger partial charge in [0.25, 0.3) is 5.91 Å². The average molecular weight is 313 g/mol. The Balaban J connectivity index is 1.99. The lowest BCUT2D eigenvalue weighted by atomic mass is 10.2. The summed E-state index contributed by atoms with van der Waals surface area (Å²) in [5.41, 5.74) is 6.54. The fourth-order valence-electron chi connectivity index (χ4n) is 1.78. The highest BCUT2D eigenvalue weighted by molar-refractivity contribution is 9.10. The van der Waals surface area contributed by atoms with Crippen molar-refractivity contribution in [3.8, 4) is 5.75 Å². The van der Waals surface area contributed by atoms with E-state index in [1.54, 1.807) is 4.90 Å². The molecule has 1 aromatic carbocycles. The van der Waals surface area contributed by atoms with Crippen molar-refractivity contribution in [3.63, 3.8) is 0 Å². The molecule has 0 radical (unpaired) electrons. The number of halogens is 1. The highest BCUT2D eigenvalue weighted by Crippen LogP contribution is 2.29. The Bertz CT molecular complexity index is 447. The topological polar surface area (TPSA) is 55.6 Å². The lowest BCUT2D eigenvalue weighted by molar-refractivity contribution is -0.132. The van der Waals surface area contributed by atoms with Crippen molar-refractivity contribution in [2.24, 2.45) is 5.73 Å². The van der Waals surface area contributed by atoms with Crippen LogP contribution in [0.4, 0.5) is 0 Å². The third-order valence-corrected chi connectivity index (χ3v) is 3.72. The number of rotatable bonds is 5. The number of nitrogens with two attached hydrogens (primary N) is 1. The van der Waals surface area contributed by atoms with Crippen molar-refractivity contribution in [1.29, 1.82) is 0 Å². The van der Waals surface area contributed by atoms with E-state index in [0.717, 1.165) is 22.9 Å². The van der Waals surface area contributed by atoms with Gasteiger partial charge in [-0.25, -0.2) is 0 Å². The molecule has 0 heterocycles. The van der Waals surface area contributed by atoms with Gasteiger partial charge < -0.3 is 15.4 Å². The molecule has 2 rings (SSSR count). The van der Waals surface area contributed by atoms with Gasteiger partial charge in [0.2, 0.25) is 0 Å². The zero-order valence-corrected chi connectivity index (χ0v) is 11.9. The summed E-state index contributed by atoms with van der Waals surface area (Å²) in [6.45, 7) is 0.448. The number of nitrogens with zero attached hydrogens (tertiary/aromatic N) is 1. The second-order valence-corrected chi connectivity index (χ2v) is 5.31. The van der Waals surface area contributed by atoms with Crippen molar-refractivity contribution in [3.05, 3.63) is 28.2 Å². The van der Waals surface area contributed by atoms with E-state index in [4.69, 9.17) is 10.5 Å². The summed E-state index contributed by atoms with van der Waals surface area (Å²) in [5.74, 6) is 0.675. The zero-order valence-electron chi connectivity index (χ0n) is 10.4. The summed E-state index contributed by atoms with van der Waals surface area (Å²) < 4.78 is 6.43. The predicted octanol–water partition coefficient (Wildman–Crippen LogP) is 1.91. The Labute approximate surface area is 115 Å². The molecular weight excluding hydrogens is 296 g/mol. The van der Waals surface area contributed by atoms with Crippen molar-refractivity contribution < 1.29 is 9.53 Å². The second-order valence-electron chi connectivity index (χ2n) is 4.46. The SMILES string of the molecule is CN(C(=O)COc1c(Br)cccc1CN)C1CC1. The molecule has 98 valence electrons. The van der Waals surface area contributed by atoms with Gasteiger partial charge >= 0.3 is 0 Å². The fourth-order valence-corrected chi connectivity index (χ4v) is 2.30. The van der Waals surface area contributed by atoms with Crippen LogP contribution in [0.1, 0.15) is 18.4 Å². The van der Waals surface area contributed by atoms with Gasteiger partial charge in [-0.2, -0.15) is 0 Å². The van der Waals surface area contributed by atoms with Gasteiger partial charge in [0.1, 0.15) is 5.75 Å². The molecule has 1 aliphatic carbocycles. The number of hydrogen-bond acceptors (Lipinski definition) is 3. The maximum atomic E-state index is 11.9. The van der Waals surface area contributed by atoms with Gasteiger partial charge in [-0.15, -0.1) is 0 Å². The van der Waals surface area contributed by atoms with Gasteiger partial charge in [-0.05, 0) is 34.8 Å². The first kappa shape index (κ1) is 13.4. The highest BCUT2D eigenvalue weighted by Gasteiger charge is 2.29. The van der Waals surface area contributed by atoms with E-state index in [1.807, 2.05) is 25.2 Å². The Morgan fingerprint density at radius 2 is 2.28 bits per heavy atom. The number of ether oxygens (including phenoxy) is 1. The molecule has 18 heavy (non-hydrogen) atoms.